The number of carbonyl (C=O) groups is 1. The zero-order valence-corrected chi connectivity index (χ0v) is 9.51. The Morgan fingerprint density at radius 1 is 1.44 bits per heavy atom. The summed E-state index contributed by atoms with van der Waals surface area (Å²) in [5.74, 6) is -0.147. The van der Waals surface area contributed by atoms with Gasteiger partial charge in [0.05, 0.1) is 0 Å². The minimum atomic E-state index is -0.147. The van der Waals surface area contributed by atoms with E-state index in [1.54, 1.807) is 30.4 Å². The Bertz CT molecular complexity index is 537. The molecule has 16 heavy (non-hydrogen) atoms. The number of aryl methyl sites for hydroxylation is 1. The second-order valence-electron chi connectivity index (χ2n) is 3.51. The van der Waals surface area contributed by atoms with Crippen LogP contribution in [0.1, 0.15) is 5.56 Å². The lowest BCUT2D eigenvalue weighted by Gasteiger charge is -2.08. The number of carbonyl (C=O) groups excluding carboxylic acids is 1. The van der Waals surface area contributed by atoms with Gasteiger partial charge in [0.25, 0.3) is 5.91 Å². The van der Waals surface area contributed by atoms with Crippen molar-refractivity contribution >= 4 is 23.2 Å². The number of allylic oxidation sites excluding steroid dienone is 1. The Hall–Kier alpha value is -1.76. The SMILES string of the molecule is Cc1ccc(Cl)cc1NC(=O)C1=CC=C=C1. The highest BCUT2D eigenvalue weighted by atomic mass is 35.5. The summed E-state index contributed by atoms with van der Waals surface area (Å²) in [6.07, 6.45) is 5.07. The molecule has 0 aromatic heterocycles. The molecule has 2 rings (SSSR count). The lowest BCUT2D eigenvalue weighted by molar-refractivity contribution is -0.112. The Morgan fingerprint density at radius 3 is 2.94 bits per heavy atom. The van der Waals surface area contributed by atoms with E-state index in [0.717, 1.165) is 11.3 Å². The second kappa shape index (κ2) is 4.40. The molecule has 1 aliphatic rings. The summed E-state index contributed by atoms with van der Waals surface area (Å²) in [4.78, 5) is 11.8. The van der Waals surface area contributed by atoms with Crippen LogP contribution in [0.25, 0.3) is 0 Å². The monoisotopic (exact) mass is 231 g/mol. The van der Waals surface area contributed by atoms with Gasteiger partial charge in [0.15, 0.2) is 0 Å². The molecule has 0 bridgehead atoms. The first-order valence-corrected chi connectivity index (χ1v) is 5.25. The summed E-state index contributed by atoms with van der Waals surface area (Å²) in [5, 5.41) is 3.42. The van der Waals surface area contributed by atoms with E-state index in [0.29, 0.717) is 10.6 Å². The highest BCUT2D eigenvalue weighted by molar-refractivity contribution is 6.31. The summed E-state index contributed by atoms with van der Waals surface area (Å²) in [7, 11) is 0. The molecule has 0 radical (unpaired) electrons. The van der Waals surface area contributed by atoms with Gasteiger partial charge in [0.1, 0.15) is 0 Å². The predicted octanol–water partition coefficient (Wildman–Crippen LogP) is 3.24. The molecule has 0 unspecified atom stereocenters. The fraction of sp³-hybridized carbons (Fsp3) is 0.0769. The average Bonchev–Trinajstić information content (AvgIpc) is 2.76. The van der Waals surface area contributed by atoms with Crippen molar-refractivity contribution in [2.75, 3.05) is 5.32 Å². The van der Waals surface area contributed by atoms with E-state index in [1.807, 2.05) is 13.0 Å². The smallest absolute Gasteiger partial charge is 0.256 e. The van der Waals surface area contributed by atoms with Gasteiger partial charge in [-0.1, -0.05) is 17.7 Å². The maximum Gasteiger partial charge on any atom is 0.256 e. The van der Waals surface area contributed by atoms with Crippen molar-refractivity contribution in [1.82, 2.24) is 0 Å². The number of anilines is 1. The lowest BCUT2D eigenvalue weighted by Crippen LogP contribution is -2.13. The maximum absolute atomic E-state index is 11.8. The molecule has 2 nitrogen and oxygen atoms in total. The number of rotatable bonds is 2. The van der Waals surface area contributed by atoms with Crippen molar-refractivity contribution in [2.24, 2.45) is 0 Å². The summed E-state index contributed by atoms with van der Waals surface area (Å²) < 4.78 is 0. The van der Waals surface area contributed by atoms with Crippen molar-refractivity contribution < 1.29 is 4.79 Å². The van der Waals surface area contributed by atoms with Gasteiger partial charge in [-0.2, -0.15) is 0 Å². The van der Waals surface area contributed by atoms with Crippen molar-refractivity contribution in [3.63, 3.8) is 0 Å². The van der Waals surface area contributed by atoms with Gasteiger partial charge in [-0.3, -0.25) is 4.79 Å². The molecule has 1 amide bonds. The van der Waals surface area contributed by atoms with Gasteiger partial charge in [0.2, 0.25) is 0 Å². The third-order valence-electron chi connectivity index (χ3n) is 2.31. The van der Waals surface area contributed by atoms with Crippen LogP contribution >= 0.6 is 11.6 Å². The van der Waals surface area contributed by atoms with Crippen LogP contribution in [-0.4, -0.2) is 5.91 Å². The van der Waals surface area contributed by atoms with Gasteiger partial charge in [-0.25, -0.2) is 0 Å². The molecular formula is C13H10ClNO. The lowest BCUT2D eigenvalue weighted by atomic mass is 10.2. The van der Waals surface area contributed by atoms with E-state index in [9.17, 15) is 4.79 Å². The van der Waals surface area contributed by atoms with Crippen molar-refractivity contribution in [3.05, 3.63) is 58.3 Å². The number of amides is 1. The van der Waals surface area contributed by atoms with Crippen molar-refractivity contribution in [2.45, 2.75) is 6.92 Å². The predicted molar refractivity (Wildman–Crippen MR) is 65.6 cm³/mol. The van der Waals surface area contributed by atoms with E-state index >= 15 is 0 Å². The Labute approximate surface area is 98.9 Å². The quantitative estimate of drug-likeness (QED) is 0.778. The van der Waals surface area contributed by atoms with Crippen LogP contribution in [0.2, 0.25) is 5.02 Å². The summed E-state index contributed by atoms with van der Waals surface area (Å²) in [6, 6.07) is 5.40. The van der Waals surface area contributed by atoms with E-state index in [2.05, 4.69) is 11.0 Å². The Balaban J connectivity index is 2.18. The van der Waals surface area contributed by atoms with Gasteiger partial charge in [-0.05, 0) is 42.8 Å². The molecule has 0 saturated carbocycles. The van der Waals surface area contributed by atoms with Crippen LogP contribution in [0.5, 0.6) is 0 Å². The molecule has 0 atom stereocenters. The van der Waals surface area contributed by atoms with Crippen LogP contribution in [0.4, 0.5) is 5.69 Å². The first kappa shape index (κ1) is 10.7. The van der Waals surface area contributed by atoms with Gasteiger partial charge in [-0.15, -0.1) is 5.73 Å². The van der Waals surface area contributed by atoms with Crippen molar-refractivity contribution in [3.8, 4) is 0 Å². The first-order chi connectivity index (χ1) is 7.66. The molecule has 80 valence electrons. The number of hydrogen-bond acceptors (Lipinski definition) is 1. The molecule has 3 heteroatoms. The number of nitrogens with one attached hydrogen (secondary N) is 1. The van der Waals surface area contributed by atoms with E-state index in [-0.39, 0.29) is 5.91 Å². The molecule has 0 heterocycles. The van der Waals surface area contributed by atoms with Gasteiger partial charge >= 0.3 is 0 Å². The molecule has 1 N–H and O–H groups in total. The second-order valence-corrected chi connectivity index (χ2v) is 3.95. The summed E-state index contributed by atoms with van der Waals surface area (Å²) >= 11 is 5.87. The fourth-order valence-electron chi connectivity index (χ4n) is 1.39. The fourth-order valence-corrected chi connectivity index (χ4v) is 1.56. The van der Waals surface area contributed by atoms with Crippen LogP contribution in [0, 0.1) is 6.92 Å². The van der Waals surface area contributed by atoms with E-state index in [4.69, 9.17) is 11.6 Å². The van der Waals surface area contributed by atoms with Gasteiger partial charge < -0.3 is 5.32 Å². The van der Waals surface area contributed by atoms with Crippen LogP contribution in [-0.2, 0) is 4.79 Å². The third kappa shape index (κ3) is 2.25. The topological polar surface area (TPSA) is 29.1 Å². The molecule has 0 saturated heterocycles. The summed E-state index contributed by atoms with van der Waals surface area (Å²) in [5.41, 5.74) is 5.15. The molecule has 1 aliphatic carbocycles. The average molecular weight is 232 g/mol. The van der Waals surface area contributed by atoms with Crippen LogP contribution in [0.15, 0.2) is 47.7 Å². The van der Waals surface area contributed by atoms with Gasteiger partial charge in [0, 0.05) is 16.3 Å². The van der Waals surface area contributed by atoms with E-state index < -0.39 is 0 Å². The van der Waals surface area contributed by atoms with E-state index in [1.165, 1.54) is 0 Å². The zero-order valence-electron chi connectivity index (χ0n) is 8.75. The minimum absolute atomic E-state index is 0.147. The number of benzene rings is 1. The highest BCUT2D eigenvalue weighted by Gasteiger charge is 2.09. The molecule has 1 aromatic rings. The highest BCUT2D eigenvalue weighted by Crippen LogP contribution is 2.21. The molecule has 0 aliphatic heterocycles. The standard InChI is InChI=1S/C13H10ClNO/c1-9-6-7-11(14)8-12(9)15-13(16)10-4-2-3-5-10/h2,4-8H,1H3,(H,15,16). The number of halogens is 1. The number of hydrogen-bond donors (Lipinski definition) is 1. The van der Waals surface area contributed by atoms with Crippen LogP contribution in [0.3, 0.4) is 0 Å². The minimum Gasteiger partial charge on any atom is -0.322 e. The normalized spacial score (nSPS) is 12.8. The van der Waals surface area contributed by atoms with Crippen LogP contribution < -0.4 is 5.32 Å². The Morgan fingerprint density at radius 2 is 2.25 bits per heavy atom. The first-order valence-electron chi connectivity index (χ1n) is 4.87. The summed E-state index contributed by atoms with van der Waals surface area (Å²) in [6.45, 7) is 1.92. The van der Waals surface area contributed by atoms with Crippen molar-refractivity contribution in [1.29, 1.82) is 0 Å². The maximum atomic E-state index is 11.8. The molecule has 1 aromatic carbocycles. The Kier molecular flexibility index (Phi) is 2.95. The molecule has 0 fully saturated rings. The third-order valence-corrected chi connectivity index (χ3v) is 2.54. The zero-order chi connectivity index (χ0) is 11.5. The molecular weight excluding hydrogens is 222 g/mol. The molecule has 0 spiro atoms. The largest absolute Gasteiger partial charge is 0.322 e.